The van der Waals surface area contributed by atoms with Crippen LogP contribution in [0.4, 0.5) is 5.69 Å². The zero-order valence-electron chi connectivity index (χ0n) is 26.5. The van der Waals surface area contributed by atoms with Crippen molar-refractivity contribution in [3.63, 3.8) is 0 Å². The predicted octanol–water partition coefficient (Wildman–Crippen LogP) is 11.4. The lowest BCUT2D eigenvalue weighted by atomic mass is 9.90. The summed E-state index contributed by atoms with van der Waals surface area (Å²) in [5.41, 5.74) is 3.38. The Kier molecular flexibility index (Phi) is 7.61. The molecule has 8 nitrogen and oxygen atoms in total. The molecule has 0 aliphatic carbocycles. The zero-order chi connectivity index (χ0) is 33.6. The molecular weight excluding hydrogens is 668 g/mol. The van der Waals surface area contributed by atoms with Crippen LogP contribution in [-0.2, 0) is 0 Å². The SMILES string of the molecule is Cc1ccc(NC(=O)c2cc3ccccc3c(-c3c(OP4Oc5ccccc5O4)ccc4ccccc34)c2OP2Oc3ccccc3O2)cc1. The Balaban J connectivity index is 1.25. The minimum absolute atomic E-state index is 0.290. The maximum Gasteiger partial charge on any atom is 0.530 e. The van der Waals surface area contributed by atoms with Crippen molar-refractivity contribution in [2.75, 3.05) is 5.32 Å². The molecule has 0 saturated carbocycles. The first-order valence-electron chi connectivity index (χ1n) is 15.9. The highest BCUT2D eigenvalue weighted by molar-refractivity contribution is 7.43. The minimum atomic E-state index is -1.98. The van der Waals surface area contributed by atoms with E-state index in [9.17, 15) is 4.79 Å². The lowest BCUT2D eigenvalue weighted by Crippen LogP contribution is -2.14. The summed E-state index contributed by atoms with van der Waals surface area (Å²) >= 11 is 0. The van der Waals surface area contributed by atoms with Crippen molar-refractivity contribution < 1.29 is 31.9 Å². The van der Waals surface area contributed by atoms with Crippen LogP contribution in [0.5, 0.6) is 34.5 Å². The third-order valence-corrected chi connectivity index (χ3v) is 10.5. The van der Waals surface area contributed by atoms with Crippen LogP contribution in [0.3, 0.4) is 0 Å². The molecule has 0 spiro atoms. The summed E-state index contributed by atoms with van der Waals surface area (Å²) in [7, 11) is -3.81. The summed E-state index contributed by atoms with van der Waals surface area (Å²) in [4.78, 5) is 14.4. The third kappa shape index (κ3) is 5.59. The van der Waals surface area contributed by atoms with Gasteiger partial charge in [-0.05, 0) is 77.0 Å². The first-order chi connectivity index (χ1) is 24.6. The van der Waals surface area contributed by atoms with E-state index in [1.54, 1.807) is 0 Å². The van der Waals surface area contributed by atoms with Gasteiger partial charge in [0.1, 0.15) is 5.75 Å². The van der Waals surface area contributed by atoms with Gasteiger partial charge in [0, 0.05) is 16.8 Å². The average Bonchev–Trinajstić information content (AvgIpc) is 3.75. The Morgan fingerprint density at radius 1 is 0.560 bits per heavy atom. The zero-order valence-corrected chi connectivity index (χ0v) is 28.3. The molecule has 10 heteroatoms. The second kappa shape index (κ2) is 12.6. The number of hydrogen-bond donors (Lipinski definition) is 1. The van der Waals surface area contributed by atoms with Gasteiger partial charge < -0.3 is 32.5 Å². The Morgan fingerprint density at radius 2 is 1.08 bits per heavy atom. The number of aryl methyl sites for hydroxylation is 1. The molecule has 2 heterocycles. The Labute approximate surface area is 290 Å². The van der Waals surface area contributed by atoms with Crippen molar-refractivity contribution in [2.24, 2.45) is 0 Å². The van der Waals surface area contributed by atoms with Crippen molar-refractivity contribution in [2.45, 2.75) is 6.92 Å². The van der Waals surface area contributed by atoms with E-state index in [0.29, 0.717) is 51.1 Å². The maximum absolute atomic E-state index is 14.4. The molecule has 244 valence electrons. The molecule has 1 amide bonds. The van der Waals surface area contributed by atoms with Crippen molar-refractivity contribution >= 4 is 50.3 Å². The van der Waals surface area contributed by atoms with E-state index in [4.69, 9.17) is 27.1 Å². The van der Waals surface area contributed by atoms with Crippen LogP contribution in [0.15, 0.2) is 140 Å². The largest absolute Gasteiger partial charge is 0.530 e. The number of nitrogens with one attached hydrogen (secondary N) is 1. The van der Waals surface area contributed by atoms with Crippen LogP contribution in [0, 0.1) is 6.92 Å². The standard InChI is InChI=1S/C40H27NO7P2/c1-25-18-21-28(22-19-25)41-40(42)31-24-27-11-3-5-13-30(27)38(39(31)48-50-45-34-16-8-9-17-35(34)46-50)37-29-12-4-2-10-26(29)20-23-36(37)47-49-43-32-14-6-7-15-33(32)44-49/h2-24H,1H3,(H,41,42). The van der Waals surface area contributed by atoms with Gasteiger partial charge in [-0.1, -0.05) is 96.6 Å². The molecule has 0 bridgehead atoms. The van der Waals surface area contributed by atoms with Gasteiger partial charge in [0.15, 0.2) is 28.7 Å². The van der Waals surface area contributed by atoms with E-state index in [-0.39, 0.29) is 11.7 Å². The molecule has 0 unspecified atom stereocenters. The molecule has 2 aliphatic heterocycles. The molecule has 1 N–H and O–H groups in total. The van der Waals surface area contributed by atoms with Crippen molar-refractivity contribution in [1.82, 2.24) is 0 Å². The van der Waals surface area contributed by atoms with Crippen LogP contribution in [0.25, 0.3) is 32.7 Å². The number of amides is 1. The van der Waals surface area contributed by atoms with Crippen LogP contribution >= 0.6 is 17.2 Å². The number of carbonyl (C=O) groups is 1. The summed E-state index contributed by atoms with van der Waals surface area (Å²) in [5.74, 6) is 2.80. The molecule has 7 aromatic rings. The van der Waals surface area contributed by atoms with E-state index < -0.39 is 17.2 Å². The number of carbonyl (C=O) groups excluding carboxylic acids is 1. The quantitative estimate of drug-likeness (QED) is 0.166. The number of hydrogen-bond acceptors (Lipinski definition) is 7. The summed E-state index contributed by atoms with van der Waals surface area (Å²) in [6.45, 7) is 2.00. The molecule has 0 radical (unpaired) electrons. The second-order valence-electron chi connectivity index (χ2n) is 11.7. The van der Waals surface area contributed by atoms with Gasteiger partial charge in [-0.25, -0.2) is 0 Å². The van der Waals surface area contributed by atoms with Crippen molar-refractivity contribution in [3.05, 3.63) is 151 Å². The first kappa shape index (κ1) is 30.3. The molecule has 0 saturated heterocycles. The number of benzene rings is 7. The highest BCUT2D eigenvalue weighted by Gasteiger charge is 2.35. The minimum Gasteiger partial charge on any atom is -0.408 e. The summed E-state index contributed by atoms with van der Waals surface area (Å²) in [6, 6.07) is 44.1. The van der Waals surface area contributed by atoms with Gasteiger partial charge in [0.25, 0.3) is 5.91 Å². The molecule has 0 atom stereocenters. The third-order valence-electron chi connectivity index (χ3n) is 8.43. The molecule has 9 rings (SSSR count). The van der Waals surface area contributed by atoms with Crippen molar-refractivity contribution in [1.29, 1.82) is 0 Å². The van der Waals surface area contributed by atoms with Crippen LogP contribution in [-0.4, -0.2) is 5.91 Å². The Hall–Kier alpha value is -5.81. The van der Waals surface area contributed by atoms with Gasteiger partial charge >= 0.3 is 17.2 Å². The van der Waals surface area contributed by atoms with Crippen LogP contribution in [0.2, 0.25) is 0 Å². The van der Waals surface area contributed by atoms with Gasteiger partial charge in [-0.2, -0.15) is 0 Å². The van der Waals surface area contributed by atoms with E-state index in [1.807, 2.05) is 146 Å². The van der Waals surface area contributed by atoms with Gasteiger partial charge in [0.2, 0.25) is 0 Å². The molecule has 50 heavy (non-hydrogen) atoms. The average molecular weight is 696 g/mol. The Bertz CT molecular complexity index is 2390. The monoisotopic (exact) mass is 695 g/mol. The summed E-state index contributed by atoms with van der Waals surface area (Å²) in [5, 5.41) is 6.59. The summed E-state index contributed by atoms with van der Waals surface area (Å²) < 4.78 is 37.8. The summed E-state index contributed by atoms with van der Waals surface area (Å²) in [6.07, 6.45) is 0. The van der Waals surface area contributed by atoms with Gasteiger partial charge in [-0.3, -0.25) is 4.79 Å². The fraction of sp³-hybridized carbons (Fsp3) is 0.0250. The molecule has 0 fully saturated rings. The van der Waals surface area contributed by atoms with E-state index in [1.165, 1.54) is 0 Å². The normalized spacial score (nSPS) is 13.5. The Morgan fingerprint density at radius 3 is 1.70 bits per heavy atom. The first-order valence-corrected chi connectivity index (χ1v) is 18.1. The smallest absolute Gasteiger partial charge is 0.408 e. The topological polar surface area (TPSA) is 84.5 Å². The van der Waals surface area contributed by atoms with E-state index >= 15 is 0 Å². The second-order valence-corrected chi connectivity index (χ2v) is 13.7. The fourth-order valence-corrected chi connectivity index (χ4v) is 8.17. The number of fused-ring (bicyclic) bond motifs is 4. The van der Waals surface area contributed by atoms with Crippen molar-refractivity contribution in [3.8, 4) is 45.6 Å². The molecule has 7 aromatic carbocycles. The molecular formula is C40H27NO7P2. The number of para-hydroxylation sites is 4. The van der Waals surface area contributed by atoms with Gasteiger partial charge in [0.05, 0.1) is 5.56 Å². The van der Waals surface area contributed by atoms with E-state index in [2.05, 4.69) is 5.32 Å². The number of rotatable bonds is 7. The maximum atomic E-state index is 14.4. The lowest BCUT2D eigenvalue weighted by Gasteiger charge is -2.22. The van der Waals surface area contributed by atoms with Crippen LogP contribution < -0.4 is 32.5 Å². The van der Waals surface area contributed by atoms with Crippen LogP contribution in [0.1, 0.15) is 15.9 Å². The molecule has 2 aliphatic rings. The molecule has 0 aromatic heterocycles. The van der Waals surface area contributed by atoms with Gasteiger partial charge in [-0.15, -0.1) is 0 Å². The predicted molar refractivity (Wildman–Crippen MR) is 197 cm³/mol. The number of anilines is 1. The highest BCUT2D eigenvalue weighted by Crippen LogP contribution is 2.58. The van der Waals surface area contributed by atoms with E-state index in [0.717, 1.165) is 27.1 Å². The highest BCUT2D eigenvalue weighted by atomic mass is 31.2. The lowest BCUT2D eigenvalue weighted by molar-refractivity contribution is 0.102. The fourth-order valence-electron chi connectivity index (χ4n) is 6.05.